The van der Waals surface area contributed by atoms with Crippen LogP contribution < -0.4 is 24.7 Å². The Morgan fingerprint density at radius 3 is 2.62 bits per heavy atom. The van der Waals surface area contributed by atoms with E-state index in [0.717, 1.165) is 15.4 Å². The standard InChI is InChI=1S/C34H23BrCl2N2O6/c1-17-24-12-20(35)5-10-27(24)44-32(17)34(40)43-22-7-8-23-29(14-22)45-33(39)25(15-38)31(23)18-4-9-28(30(11-18)41-2)42-16-19-3-6-21(36)13-26(19)37/h3-14,31H,16,39H2,1-2H3. The van der Waals surface area contributed by atoms with Crippen LogP contribution in [0, 0.1) is 18.3 Å². The maximum atomic E-state index is 13.1. The number of furan rings is 1. The van der Waals surface area contributed by atoms with Gasteiger partial charge < -0.3 is 29.1 Å². The number of carbonyl (C=O) groups excluding carboxylic acids is 1. The van der Waals surface area contributed by atoms with Crippen LogP contribution in [0.15, 0.2) is 93.1 Å². The first-order valence-electron chi connectivity index (χ1n) is 13.5. The Morgan fingerprint density at radius 1 is 1.04 bits per heavy atom. The molecule has 2 heterocycles. The first-order valence-corrected chi connectivity index (χ1v) is 15.1. The summed E-state index contributed by atoms with van der Waals surface area (Å²) >= 11 is 15.7. The first-order chi connectivity index (χ1) is 21.7. The van der Waals surface area contributed by atoms with E-state index in [2.05, 4.69) is 22.0 Å². The summed E-state index contributed by atoms with van der Waals surface area (Å²) in [6.45, 7) is 1.98. The number of halogens is 3. The fraction of sp³-hybridized carbons (Fsp3) is 0.118. The molecule has 0 aliphatic carbocycles. The lowest BCUT2D eigenvalue weighted by molar-refractivity contribution is 0.0702. The van der Waals surface area contributed by atoms with Crippen LogP contribution in [0.5, 0.6) is 23.0 Å². The van der Waals surface area contributed by atoms with Gasteiger partial charge in [0, 0.05) is 42.7 Å². The van der Waals surface area contributed by atoms with Gasteiger partial charge >= 0.3 is 5.97 Å². The van der Waals surface area contributed by atoms with Gasteiger partial charge in [-0.15, -0.1) is 0 Å². The molecule has 1 aliphatic heterocycles. The number of ether oxygens (including phenoxy) is 4. The van der Waals surface area contributed by atoms with Gasteiger partial charge in [-0.05, 0) is 61.0 Å². The molecule has 11 heteroatoms. The summed E-state index contributed by atoms with van der Waals surface area (Å²) in [4.78, 5) is 13.1. The van der Waals surface area contributed by atoms with E-state index >= 15 is 0 Å². The number of hydrogen-bond acceptors (Lipinski definition) is 8. The Morgan fingerprint density at radius 2 is 1.87 bits per heavy atom. The van der Waals surface area contributed by atoms with Crippen molar-refractivity contribution in [3.63, 3.8) is 0 Å². The number of rotatable bonds is 7. The fourth-order valence-electron chi connectivity index (χ4n) is 5.16. The maximum Gasteiger partial charge on any atom is 0.379 e. The average Bonchev–Trinajstić information content (AvgIpc) is 3.35. The highest BCUT2D eigenvalue weighted by atomic mass is 79.9. The van der Waals surface area contributed by atoms with Crippen molar-refractivity contribution < 1.29 is 28.2 Å². The van der Waals surface area contributed by atoms with Crippen molar-refractivity contribution in [3.05, 3.63) is 127 Å². The zero-order valence-electron chi connectivity index (χ0n) is 23.8. The molecule has 1 atom stereocenters. The lowest BCUT2D eigenvalue weighted by Gasteiger charge is -2.27. The van der Waals surface area contributed by atoms with Crippen LogP contribution in [0.2, 0.25) is 10.0 Å². The molecule has 1 aliphatic rings. The molecule has 0 radical (unpaired) electrons. The van der Waals surface area contributed by atoms with Crippen LogP contribution in [-0.2, 0) is 6.61 Å². The molecule has 0 saturated heterocycles. The minimum Gasteiger partial charge on any atom is -0.493 e. The van der Waals surface area contributed by atoms with Gasteiger partial charge in [0.2, 0.25) is 11.6 Å². The molecule has 1 unspecified atom stereocenters. The Bertz CT molecular complexity index is 2070. The number of benzene rings is 4. The molecule has 0 bridgehead atoms. The van der Waals surface area contributed by atoms with Crippen LogP contribution in [0.1, 0.15) is 38.7 Å². The van der Waals surface area contributed by atoms with Crippen molar-refractivity contribution in [2.75, 3.05) is 7.11 Å². The maximum absolute atomic E-state index is 13.1. The third kappa shape index (κ3) is 5.92. The van der Waals surface area contributed by atoms with E-state index in [1.807, 2.05) is 18.2 Å². The van der Waals surface area contributed by atoms with Gasteiger partial charge in [-0.3, -0.25) is 0 Å². The Kier molecular flexibility index (Phi) is 8.38. The second-order valence-corrected chi connectivity index (χ2v) is 11.9. The summed E-state index contributed by atoms with van der Waals surface area (Å²) in [5.41, 5.74) is 9.79. The van der Waals surface area contributed by atoms with Gasteiger partial charge in [-0.1, -0.05) is 57.3 Å². The number of methoxy groups -OCH3 is 1. The van der Waals surface area contributed by atoms with Crippen molar-refractivity contribution in [3.8, 4) is 29.1 Å². The summed E-state index contributed by atoms with van der Waals surface area (Å²) in [5, 5.41) is 11.9. The second kappa shape index (κ2) is 12.4. The number of hydrogen-bond donors (Lipinski definition) is 1. The smallest absolute Gasteiger partial charge is 0.379 e. The number of aryl methyl sites for hydroxylation is 1. The number of esters is 1. The SMILES string of the molecule is COc1cc(C2C(C#N)=C(N)Oc3cc(OC(=O)c4oc5ccc(Br)cc5c4C)ccc32)ccc1OCc1ccc(Cl)cc1Cl. The average molecular weight is 706 g/mol. The number of nitriles is 1. The topological polar surface area (TPSA) is 117 Å². The predicted octanol–water partition coefficient (Wildman–Crippen LogP) is 8.84. The van der Waals surface area contributed by atoms with Gasteiger partial charge in [0.15, 0.2) is 11.5 Å². The molecule has 4 aromatic carbocycles. The zero-order chi connectivity index (χ0) is 31.8. The van der Waals surface area contributed by atoms with Crippen LogP contribution in [0.4, 0.5) is 0 Å². The van der Waals surface area contributed by atoms with E-state index in [4.69, 9.17) is 52.3 Å². The van der Waals surface area contributed by atoms with E-state index in [9.17, 15) is 10.1 Å². The van der Waals surface area contributed by atoms with E-state index in [1.54, 1.807) is 61.5 Å². The van der Waals surface area contributed by atoms with Crippen molar-refractivity contribution in [2.24, 2.45) is 5.73 Å². The molecular formula is C34H23BrCl2N2O6. The molecule has 0 spiro atoms. The summed E-state index contributed by atoms with van der Waals surface area (Å²) in [6, 6.07) is 23.1. The second-order valence-electron chi connectivity index (χ2n) is 10.1. The molecule has 5 aromatic rings. The Labute approximate surface area is 276 Å². The van der Waals surface area contributed by atoms with Crippen LogP contribution in [0.3, 0.4) is 0 Å². The van der Waals surface area contributed by atoms with E-state index in [0.29, 0.717) is 49.6 Å². The highest BCUT2D eigenvalue weighted by Crippen LogP contribution is 2.45. The predicted molar refractivity (Wildman–Crippen MR) is 173 cm³/mol. The molecule has 8 nitrogen and oxygen atoms in total. The van der Waals surface area contributed by atoms with Crippen molar-refractivity contribution in [2.45, 2.75) is 19.4 Å². The zero-order valence-corrected chi connectivity index (χ0v) is 26.9. The first kappa shape index (κ1) is 30.4. The summed E-state index contributed by atoms with van der Waals surface area (Å²) < 4.78 is 29.8. The van der Waals surface area contributed by atoms with E-state index in [1.165, 1.54) is 7.11 Å². The van der Waals surface area contributed by atoms with Gasteiger partial charge in [0.25, 0.3) is 0 Å². The number of carbonyl (C=O) groups is 1. The van der Waals surface area contributed by atoms with Crippen LogP contribution in [0.25, 0.3) is 11.0 Å². The van der Waals surface area contributed by atoms with Gasteiger partial charge in [0.05, 0.1) is 13.0 Å². The summed E-state index contributed by atoms with van der Waals surface area (Å²) in [5.74, 6) is 0.262. The minimum absolute atomic E-state index is 0.0612. The van der Waals surface area contributed by atoms with E-state index in [-0.39, 0.29) is 29.6 Å². The Hall–Kier alpha value is -4.62. The quantitative estimate of drug-likeness (QED) is 0.132. The molecule has 6 rings (SSSR count). The van der Waals surface area contributed by atoms with Gasteiger partial charge in [-0.2, -0.15) is 5.26 Å². The van der Waals surface area contributed by atoms with Crippen LogP contribution >= 0.6 is 39.1 Å². The molecule has 0 fully saturated rings. The summed E-state index contributed by atoms with van der Waals surface area (Å²) in [7, 11) is 1.53. The molecule has 0 saturated carbocycles. The molecular weight excluding hydrogens is 683 g/mol. The lowest BCUT2D eigenvalue weighted by Crippen LogP contribution is -2.21. The molecule has 0 amide bonds. The molecule has 226 valence electrons. The molecule has 2 N–H and O–H groups in total. The molecule has 1 aromatic heterocycles. The van der Waals surface area contributed by atoms with Crippen LogP contribution in [-0.4, -0.2) is 13.1 Å². The number of allylic oxidation sites excluding steroid dienone is 1. The highest BCUT2D eigenvalue weighted by molar-refractivity contribution is 9.10. The van der Waals surface area contributed by atoms with E-state index < -0.39 is 11.9 Å². The monoisotopic (exact) mass is 704 g/mol. The number of nitrogens with zero attached hydrogens (tertiary/aromatic N) is 1. The fourth-order valence-corrected chi connectivity index (χ4v) is 5.98. The third-order valence-electron chi connectivity index (χ3n) is 7.40. The third-order valence-corrected chi connectivity index (χ3v) is 8.48. The van der Waals surface area contributed by atoms with Crippen molar-refractivity contribution >= 4 is 56.1 Å². The Balaban J connectivity index is 1.28. The number of nitrogens with two attached hydrogens (primary N) is 1. The minimum atomic E-state index is -0.659. The van der Waals surface area contributed by atoms with Gasteiger partial charge in [-0.25, -0.2) is 4.79 Å². The largest absolute Gasteiger partial charge is 0.493 e. The van der Waals surface area contributed by atoms with Gasteiger partial charge in [0.1, 0.15) is 35.3 Å². The van der Waals surface area contributed by atoms with Crippen molar-refractivity contribution in [1.29, 1.82) is 5.26 Å². The molecule has 45 heavy (non-hydrogen) atoms. The number of fused-ring (bicyclic) bond motifs is 2. The summed E-state index contributed by atoms with van der Waals surface area (Å²) in [6.07, 6.45) is 0. The highest BCUT2D eigenvalue weighted by Gasteiger charge is 2.32. The normalized spacial score (nSPS) is 14.0. The lowest BCUT2D eigenvalue weighted by atomic mass is 9.83. The van der Waals surface area contributed by atoms with Crippen molar-refractivity contribution in [1.82, 2.24) is 0 Å².